The van der Waals surface area contributed by atoms with Gasteiger partial charge in [-0.1, -0.05) is 12.5 Å². The standard InChI is InChI=1S/C14H27NS/c1-4-7-15-14(10-12(2)3)11-13-5-8-16-9-6-13/h13-15H,2,4-11H2,1,3H3. The van der Waals surface area contributed by atoms with Crippen molar-refractivity contribution in [1.29, 1.82) is 0 Å². The third-order valence-corrected chi connectivity index (χ3v) is 4.29. The normalized spacial score (nSPS) is 19.6. The fourth-order valence-electron chi connectivity index (χ4n) is 2.39. The van der Waals surface area contributed by atoms with Crippen LogP contribution in [-0.4, -0.2) is 24.1 Å². The van der Waals surface area contributed by atoms with Gasteiger partial charge in [0, 0.05) is 6.04 Å². The Kier molecular flexibility index (Phi) is 7.22. The molecule has 0 aliphatic carbocycles. The van der Waals surface area contributed by atoms with Crippen LogP contribution < -0.4 is 5.32 Å². The number of hydrogen-bond donors (Lipinski definition) is 1. The van der Waals surface area contributed by atoms with E-state index in [2.05, 4.69) is 37.5 Å². The monoisotopic (exact) mass is 241 g/mol. The Balaban J connectivity index is 2.31. The smallest absolute Gasteiger partial charge is 0.0107 e. The van der Waals surface area contributed by atoms with Crippen LogP contribution in [0.25, 0.3) is 0 Å². The highest BCUT2D eigenvalue weighted by Crippen LogP contribution is 2.27. The molecule has 1 fully saturated rings. The quantitative estimate of drug-likeness (QED) is 0.679. The van der Waals surface area contributed by atoms with Crippen LogP contribution in [0.1, 0.15) is 46.0 Å². The van der Waals surface area contributed by atoms with Gasteiger partial charge in [0.15, 0.2) is 0 Å². The van der Waals surface area contributed by atoms with Crippen molar-refractivity contribution >= 4 is 11.8 Å². The Labute approximate surface area is 105 Å². The molecule has 1 nitrogen and oxygen atoms in total. The molecule has 1 N–H and O–H groups in total. The largest absolute Gasteiger partial charge is 0.314 e. The molecule has 16 heavy (non-hydrogen) atoms. The van der Waals surface area contributed by atoms with Crippen LogP contribution in [0.15, 0.2) is 12.2 Å². The summed E-state index contributed by atoms with van der Waals surface area (Å²) in [7, 11) is 0. The average molecular weight is 241 g/mol. The Morgan fingerprint density at radius 1 is 1.44 bits per heavy atom. The molecular formula is C14H27NS. The second kappa shape index (κ2) is 8.19. The maximum absolute atomic E-state index is 4.05. The molecule has 0 aromatic heterocycles. The van der Waals surface area contributed by atoms with Crippen LogP contribution in [0, 0.1) is 5.92 Å². The van der Waals surface area contributed by atoms with Gasteiger partial charge in [-0.2, -0.15) is 11.8 Å². The van der Waals surface area contributed by atoms with E-state index in [-0.39, 0.29) is 0 Å². The molecule has 94 valence electrons. The second-order valence-corrected chi connectivity index (χ2v) is 6.33. The van der Waals surface area contributed by atoms with Gasteiger partial charge >= 0.3 is 0 Å². The topological polar surface area (TPSA) is 12.0 Å². The predicted molar refractivity (Wildman–Crippen MR) is 76.2 cm³/mol. The first kappa shape index (κ1) is 14.1. The van der Waals surface area contributed by atoms with Gasteiger partial charge < -0.3 is 5.32 Å². The van der Waals surface area contributed by atoms with Crippen molar-refractivity contribution in [1.82, 2.24) is 5.32 Å². The second-order valence-electron chi connectivity index (χ2n) is 5.10. The third kappa shape index (κ3) is 5.95. The van der Waals surface area contributed by atoms with Gasteiger partial charge in [0.1, 0.15) is 0 Å². The van der Waals surface area contributed by atoms with Crippen molar-refractivity contribution in [2.45, 2.75) is 52.0 Å². The summed E-state index contributed by atoms with van der Waals surface area (Å²) in [6.45, 7) is 9.59. The van der Waals surface area contributed by atoms with E-state index in [1.54, 1.807) is 0 Å². The molecule has 1 atom stereocenters. The first-order chi connectivity index (χ1) is 7.72. The van der Waals surface area contributed by atoms with Gasteiger partial charge in [-0.15, -0.1) is 6.58 Å². The lowest BCUT2D eigenvalue weighted by atomic mass is 9.91. The third-order valence-electron chi connectivity index (χ3n) is 3.24. The lowest BCUT2D eigenvalue weighted by molar-refractivity contribution is 0.362. The molecule has 0 aromatic carbocycles. The van der Waals surface area contributed by atoms with Crippen LogP contribution in [-0.2, 0) is 0 Å². The average Bonchev–Trinajstić information content (AvgIpc) is 2.26. The zero-order valence-electron chi connectivity index (χ0n) is 10.9. The number of rotatable bonds is 7. The summed E-state index contributed by atoms with van der Waals surface area (Å²) in [5, 5.41) is 3.68. The van der Waals surface area contributed by atoms with E-state index in [4.69, 9.17) is 0 Å². The summed E-state index contributed by atoms with van der Waals surface area (Å²) < 4.78 is 0. The SMILES string of the molecule is C=C(C)CC(CC1CCSCC1)NCCC. The summed E-state index contributed by atoms with van der Waals surface area (Å²) in [5.74, 6) is 3.70. The Morgan fingerprint density at radius 2 is 2.12 bits per heavy atom. The minimum atomic E-state index is 0.672. The van der Waals surface area contributed by atoms with E-state index < -0.39 is 0 Å². The van der Waals surface area contributed by atoms with Crippen molar-refractivity contribution < 1.29 is 0 Å². The molecule has 0 bridgehead atoms. The molecule has 0 radical (unpaired) electrons. The van der Waals surface area contributed by atoms with Gasteiger partial charge in [0.2, 0.25) is 0 Å². The maximum atomic E-state index is 4.05. The van der Waals surface area contributed by atoms with E-state index in [1.165, 1.54) is 42.8 Å². The number of thioether (sulfide) groups is 1. The first-order valence-corrected chi connectivity index (χ1v) is 7.83. The predicted octanol–water partition coefficient (Wildman–Crippen LogP) is 3.85. The number of nitrogens with one attached hydrogen (secondary N) is 1. The Hall–Kier alpha value is 0.0500. The van der Waals surface area contributed by atoms with Crippen LogP contribution in [0.3, 0.4) is 0 Å². The Bertz CT molecular complexity index is 197. The zero-order valence-corrected chi connectivity index (χ0v) is 11.7. The van der Waals surface area contributed by atoms with Gasteiger partial charge in [-0.3, -0.25) is 0 Å². The summed E-state index contributed by atoms with van der Waals surface area (Å²) in [6, 6.07) is 0.672. The molecule has 1 rings (SSSR count). The summed E-state index contributed by atoms with van der Waals surface area (Å²) in [6.07, 6.45) is 6.58. The molecule has 0 saturated carbocycles. The minimum Gasteiger partial charge on any atom is -0.314 e. The molecule has 0 amide bonds. The van der Waals surface area contributed by atoms with Crippen molar-refractivity contribution in [3.8, 4) is 0 Å². The zero-order chi connectivity index (χ0) is 11.8. The Morgan fingerprint density at radius 3 is 2.69 bits per heavy atom. The highest BCUT2D eigenvalue weighted by molar-refractivity contribution is 7.99. The van der Waals surface area contributed by atoms with Crippen LogP contribution in [0.2, 0.25) is 0 Å². The summed E-state index contributed by atoms with van der Waals surface area (Å²) in [4.78, 5) is 0. The van der Waals surface area contributed by atoms with Crippen molar-refractivity contribution in [3.63, 3.8) is 0 Å². The minimum absolute atomic E-state index is 0.672. The highest BCUT2D eigenvalue weighted by atomic mass is 32.2. The van der Waals surface area contributed by atoms with Crippen LogP contribution in [0.5, 0.6) is 0 Å². The van der Waals surface area contributed by atoms with E-state index in [0.29, 0.717) is 6.04 Å². The van der Waals surface area contributed by atoms with E-state index >= 15 is 0 Å². The molecular weight excluding hydrogens is 214 g/mol. The summed E-state index contributed by atoms with van der Waals surface area (Å²) in [5.41, 5.74) is 1.32. The van der Waals surface area contributed by atoms with Crippen molar-refractivity contribution in [2.75, 3.05) is 18.1 Å². The van der Waals surface area contributed by atoms with Crippen molar-refractivity contribution in [2.24, 2.45) is 5.92 Å². The van der Waals surface area contributed by atoms with E-state index in [1.807, 2.05) is 0 Å². The molecule has 1 aliphatic heterocycles. The molecule has 0 aromatic rings. The number of hydrogen-bond acceptors (Lipinski definition) is 2. The molecule has 1 saturated heterocycles. The molecule has 0 spiro atoms. The van der Waals surface area contributed by atoms with E-state index in [9.17, 15) is 0 Å². The molecule has 1 heterocycles. The maximum Gasteiger partial charge on any atom is 0.0107 e. The van der Waals surface area contributed by atoms with Gasteiger partial charge in [-0.05, 0) is 63.0 Å². The molecule has 2 heteroatoms. The van der Waals surface area contributed by atoms with Crippen LogP contribution >= 0.6 is 11.8 Å². The van der Waals surface area contributed by atoms with Gasteiger partial charge in [-0.25, -0.2) is 0 Å². The molecule has 1 aliphatic rings. The van der Waals surface area contributed by atoms with Crippen LogP contribution in [0.4, 0.5) is 0 Å². The van der Waals surface area contributed by atoms with E-state index in [0.717, 1.165) is 18.9 Å². The highest BCUT2D eigenvalue weighted by Gasteiger charge is 2.18. The van der Waals surface area contributed by atoms with Gasteiger partial charge in [0.25, 0.3) is 0 Å². The lowest BCUT2D eigenvalue weighted by Crippen LogP contribution is -2.32. The first-order valence-electron chi connectivity index (χ1n) is 6.68. The van der Waals surface area contributed by atoms with Crippen molar-refractivity contribution in [3.05, 3.63) is 12.2 Å². The fourth-order valence-corrected chi connectivity index (χ4v) is 3.60. The fraction of sp³-hybridized carbons (Fsp3) is 0.857. The lowest BCUT2D eigenvalue weighted by Gasteiger charge is -2.27. The summed E-state index contributed by atoms with van der Waals surface area (Å²) >= 11 is 2.12. The van der Waals surface area contributed by atoms with Gasteiger partial charge in [0.05, 0.1) is 0 Å². The molecule has 1 unspecified atom stereocenters.